The van der Waals surface area contributed by atoms with E-state index in [-0.39, 0.29) is 35.9 Å². The van der Waals surface area contributed by atoms with Crippen molar-refractivity contribution in [1.82, 2.24) is 5.32 Å². The zero-order valence-electron chi connectivity index (χ0n) is 6.19. The lowest BCUT2D eigenvalue weighted by molar-refractivity contribution is -0.128. The van der Waals surface area contributed by atoms with E-state index in [0.29, 0.717) is 0 Å². The Labute approximate surface area is 68.6 Å². The monoisotopic (exact) mass is 165 g/mol. The minimum atomic E-state index is -0.257. The van der Waals surface area contributed by atoms with E-state index in [1.165, 1.54) is 0 Å². The molecule has 4 nitrogen and oxygen atoms in total. The zero-order chi connectivity index (χ0) is 8.29. The van der Waals surface area contributed by atoms with Crippen molar-refractivity contribution >= 4 is 11.8 Å². The highest BCUT2D eigenvalue weighted by molar-refractivity contribution is 6.06. The first-order valence-corrected chi connectivity index (χ1v) is 3.96. The van der Waals surface area contributed by atoms with Gasteiger partial charge < -0.3 is 4.74 Å². The third-order valence-electron chi connectivity index (χ3n) is 2.75. The molecular formula is C8H7NO3. The number of hydrogen-bond donors (Lipinski definition) is 1. The summed E-state index contributed by atoms with van der Waals surface area (Å²) in [5.41, 5.74) is 0. The Morgan fingerprint density at radius 3 is 2.08 bits per heavy atom. The van der Waals surface area contributed by atoms with Gasteiger partial charge in [0.1, 0.15) is 0 Å². The highest BCUT2D eigenvalue weighted by Gasteiger charge is 2.57. The molecule has 12 heavy (non-hydrogen) atoms. The summed E-state index contributed by atoms with van der Waals surface area (Å²) < 4.78 is 5.39. The zero-order valence-corrected chi connectivity index (χ0v) is 6.19. The van der Waals surface area contributed by atoms with Crippen LogP contribution in [0.1, 0.15) is 0 Å². The second kappa shape index (κ2) is 1.77. The highest BCUT2D eigenvalue weighted by atomic mass is 16.5. The van der Waals surface area contributed by atoms with E-state index < -0.39 is 0 Å². The fourth-order valence-electron chi connectivity index (χ4n) is 2.22. The van der Waals surface area contributed by atoms with Crippen LogP contribution in [0.4, 0.5) is 0 Å². The quantitative estimate of drug-likeness (QED) is 0.378. The molecule has 2 fully saturated rings. The van der Waals surface area contributed by atoms with Gasteiger partial charge in [0.05, 0.1) is 24.0 Å². The van der Waals surface area contributed by atoms with Gasteiger partial charge in [0, 0.05) is 0 Å². The Kier molecular flexibility index (Phi) is 0.939. The van der Waals surface area contributed by atoms with Crippen LogP contribution in [0.3, 0.4) is 0 Å². The fraction of sp³-hybridized carbons (Fsp3) is 0.500. The lowest BCUT2D eigenvalue weighted by atomic mass is 9.85. The van der Waals surface area contributed by atoms with Gasteiger partial charge in [-0.1, -0.05) is 12.2 Å². The van der Waals surface area contributed by atoms with Crippen LogP contribution in [-0.2, 0) is 14.3 Å². The summed E-state index contributed by atoms with van der Waals surface area (Å²) in [5, 5.41) is 2.32. The molecule has 4 heteroatoms. The smallest absolute Gasteiger partial charge is 0.233 e. The minimum Gasteiger partial charge on any atom is -0.365 e. The van der Waals surface area contributed by atoms with Gasteiger partial charge in [0.25, 0.3) is 0 Å². The van der Waals surface area contributed by atoms with Gasteiger partial charge in [-0.15, -0.1) is 0 Å². The maximum absolute atomic E-state index is 11.2. The van der Waals surface area contributed by atoms with Crippen molar-refractivity contribution < 1.29 is 14.3 Å². The van der Waals surface area contributed by atoms with Crippen LogP contribution in [0.2, 0.25) is 0 Å². The number of carbonyl (C=O) groups is 2. The summed E-state index contributed by atoms with van der Waals surface area (Å²) in [5.74, 6) is -0.872. The molecule has 0 aromatic rings. The van der Waals surface area contributed by atoms with Gasteiger partial charge in [-0.3, -0.25) is 14.9 Å². The Morgan fingerprint density at radius 2 is 1.58 bits per heavy atom. The number of carbonyl (C=O) groups excluding carboxylic acids is 2. The molecule has 3 aliphatic rings. The van der Waals surface area contributed by atoms with Crippen LogP contribution in [0.25, 0.3) is 0 Å². The van der Waals surface area contributed by atoms with E-state index in [9.17, 15) is 9.59 Å². The number of ether oxygens (including phenoxy) is 1. The summed E-state index contributed by atoms with van der Waals surface area (Å²) in [7, 11) is 0. The lowest BCUT2D eigenvalue weighted by Gasteiger charge is -2.10. The van der Waals surface area contributed by atoms with Crippen molar-refractivity contribution in [1.29, 1.82) is 0 Å². The molecule has 3 heterocycles. The fourth-order valence-corrected chi connectivity index (χ4v) is 2.22. The molecule has 3 rings (SSSR count). The molecule has 1 N–H and O–H groups in total. The van der Waals surface area contributed by atoms with Crippen LogP contribution in [0, 0.1) is 11.8 Å². The van der Waals surface area contributed by atoms with Gasteiger partial charge in [-0.25, -0.2) is 0 Å². The van der Waals surface area contributed by atoms with Gasteiger partial charge >= 0.3 is 0 Å². The van der Waals surface area contributed by atoms with Crippen molar-refractivity contribution in [2.45, 2.75) is 12.2 Å². The first-order valence-electron chi connectivity index (χ1n) is 3.96. The first-order chi connectivity index (χ1) is 5.77. The maximum atomic E-state index is 11.2. The van der Waals surface area contributed by atoms with Crippen molar-refractivity contribution in [3.63, 3.8) is 0 Å². The van der Waals surface area contributed by atoms with Gasteiger partial charge in [0.15, 0.2) is 0 Å². The van der Waals surface area contributed by atoms with Crippen LogP contribution in [0.5, 0.6) is 0 Å². The average Bonchev–Trinajstić information content (AvgIpc) is 2.64. The summed E-state index contributed by atoms with van der Waals surface area (Å²) in [6.07, 6.45) is 3.41. The average molecular weight is 165 g/mol. The summed E-state index contributed by atoms with van der Waals surface area (Å²) in [6, 6.07) is 0. The molecular weight excluding hydrogens is 158 g/mol. The minimum absolute atomic E-state index is 0.161. The second-order valence-electron chi connectivity index (χ2n) is 3.36. The second-order valence-corrected chi connectivity index (χ2v) is 3.36. The molecule has 0 unspecified atom stereocenters. The summed E-state index contributed by atoms with van der Waals surface area (Å²) in [6.45, 7) is 0. The third kappa shape index (κ3) is 0.536. The molecule has 0 saturated carbocycles. The molecule has 0 aliphatic carbocycles. The van der Waals surface area contributed by atoms with E-state index in [0.717, 1.165) is 0 Å². The summed E-state index contributed by atoms with van der Waals surface area (Å²) in [4.78, 5) is 22.4. The Bertz CT molecular complexity index is 281. The molecule has 0 aromatic heterocycles. The Morgan fingerprint density at radius 1 is 1.08 bits per heavy atom. The van der Waals surface area contributed by atoms with Crippen molar-refractivity contribution in [2.75, 3.05) is 0 Å². The topological polar surface area (TPSA) is 55.4 Å². The van der Waals surface area contributed by atoms with Crippen LogP contribution in [0.15, 0.2) is 12.2 Å². The SMILES string of the molecule is O=C1NC(=O)[C@H]2[C@H]1[C@H]1C=C[C@H]2O1. The van der Waals surface area contributed by atoms with Crippen LogP contribution >= 0.6 is 0 Å². The normalized spacial score (nSPS) is 48.3. The number of amides is 2. The van der Waals surface area contributed by atoms with Crippen molar-refractivity contribution in [2.24, 2.45) is 11.8 Å². The third-order valence-corrected chi connectivity index (χ3v) is 2.75. The maximum Gasteiger partial charge on any atom is 0.233 e. The Hall–Kier alpha value is -1.16. The molecule has 3 aliphatic heterocycles. The number of nitrogens with one attached hydrogen (secondary N) is 1. The number of fused-ring (bicyclic) bond motifs is 5. The Balaban J connectivity index is 2.08. The molecule has 2 saturated heterocycles. The largest absolute Gasteiger partial charge is 0.365 e. The number of hydrogen-bond acceptors (Lipinski definition) is 3. The first kappa shape index (κ1) is 6.37. The van der Waals surface area contributed by atoms with Crippen LogP contribution in [-0.4, -0.2) is 24.0 Å². The number of rotatable bonds is 0. The number of imide groups is 1. The molecule has 2 bridgehead atoms. The van der Waals surface area contributed by atoms with Gasteiger partial charge in [0.2, 0.25) is 11.8 Å². The lowest BCUT2D eigenvalue weighted by Crippen LogP contribution is -2.27. The van der Waals surface area contributed by atoms with E-state index in [4.69, 9.17) is 4.74 Å². The van der Waals surface area contributed by atoms with E-state index in [2.05, 4.69) is 5.32 Å². The standard InChI is InChI=1S/C8H7NO3/c10-7-5-3-1-2-4(12-3)6(5)8(11)9-7/h1-6H,(H,9,10,11)/t3-,4-,5-,6-/m1/s1. The highest BCUT2D eigenvalue weighted by Crippen LogP contribution is 2.41. The molecule has 0 aromatic carbocycles. The van der Waals surface area contributed by atoms with E-state index in [1.807, 2.05) is 12.2 Å². The van der Waals surface area contributed by atoms with Gasteiger partial charge in [-0.2, -0.15) is 0 Å². The predicted molar refractivity (Wildman–Crippen MR) is 37.9 cm³/mol. The molecule has 62 valence electrons. The van der Waals surface area contributed by atoms with Crippen molar-refractivity contribution in [3.8, 4) is 0 Å². The predicted octanol–water partition coefficient (Wildman–Crippen LogP) is -0.788. The molecule has 2 amide bonds. The molecule has 0 radical (unpaired) electrons. The van der Waals surface area contributed by atoms with E-state index >= 15 is 0 Å². The summed E-state index contributed by atoms with van der Waals surface area (Å²) >= 11 is 0. The molecule has 0 spiro atoms. The van der Waals surface area contributed by atoms with Crippen molar-refractivity contribution in [3.05, 3.63) is 12.2 Å². The van der Waals surface area contributed by atoms with Crippen LogP contribution < -0.4 is 5.32 Å². The van der Waals surface area contributed by atoms with E-state index in [1.54, 1.807) is 0 Å². The van der Waals surface area contributed by atoms with Gasteiger partial charge in [-0.05, 0) is 0 Å². The molecule has 4 atom stereocenters.